The molecule has 0 aliphatic heterocycles. The summed E-state index contributed by atoms with van der Waals surface area (Å²) in [6.45, 7) is 15.2. The van der Waals surface area contributed by atoms with Crippen LogP contribution in [-0.2, 0) is 31.2 Å². The van der Waals surface area contributed by atoms with Gasteiger partial charge < -0.3 is 29.9 Å². The summed E-state index contributed by atoms with van der Waals surface area (Å²) in [5.74, 6) is 0.00623. The minimum Gasteiger partial charge on any atom is -0.852 e. The summed E-state index contributed by atoms with van der Waals surface area (Å²) < 4.78 is 11.3. The number of hydrogen-bond donors (Lipinski definition) is 0. The molecule has 0 aliphatic carbocycles. The van der Waals surface area contributed by atoms with Crippen LogP contribution in [-0.4, -0.2) is 50.8 Å². The predicted molar refractivity (Wildman–Crippen MR) is 112 cm³/mol. The van der Waals surface area contributed by atoms with Gasteiger partial charge in [-0.2, -0.15) is 0 Å². The molecule has 0 spiro atoms. The van der Waals surface area contributed by atoms with Gasteiger partial charge in [0.1, 0.15) is 0 Å². The van der Waals surface area contributed by atoms with Gasteiger partial charge in [-0.3, -0.25) is 0 Å². The molecule has 6 nitrogen and oxygen atoms in total. The van der Waals surface area contributed by atoms with Gasteiger partial charge in [0.05, 0.1) is 0 Å². The Bertz CT molecular complexity index is 410. The van der Waals surface area contributed by atoms with E-state index < -0.39 is 24.4 Å². The summed E-state index contributed by atoms with van der Waals surface area (Å²) in [5, 5.41) is 47.7. The average Bonchev–Trinajstić information content (AvgIpc) is 2.66. The maximum atomic E-state index is 12.1. The Hall–Kier alpha value is 0.474. The van der Waals surface area contributed by atoms with E-state index in [1.165, 1.54) is 0 Å². The molecule has 7 atom stereocenters. The number of ether oxygens (including phenoxy) is 2. The van der Waals surface area contributed by atoms with Crippen molar-refractivity contribution < 1.29 is 51.6 Å². The van der Waals surface area contributed by atoms with Gasteiger partial charge in [-0.1, -0.05) is 73.1 Å². The Kier molecular flexibility index (Phi) is 20.5. The molecular formula is C24H46O6Ti. The smallest absolute Gasteiger partial charge is 0.852 e. The molecule has 0 saturated carbocycles. The molecule has 0 bridgehead atoms. The molecule has 0 amide bonds. The molecular weight excluding hydrogens is 432 g/mol. The van der Waals surface area contributed by atoms with E-state index in [1.807, 2.05) is 41.5 Å². The standard InChI is InChI=1S/C24H46O6.Ti/c1-16(2)21(25)11-23(27)19(6)14-29-10-8-9-18(5)13-30-15-20(7)24(28)12-22(26)17(3)4;/h16-24H,8-15H2,1-7H3;/q-4;+4. The van der Waals surface area contributed by atoms with Crippen molar-refractivity contribution in [2.75, 3.05) is 26.4 Å². The normalized spacial score (nSPS) is 18.9. The van der Waals surface area contributed by atoms with Crippen molar-refractivity contribution in [2.45, 2.75) is 98.6 Å². The van der Waals surface area contributed by atoms with Crippen molar-refractivity contribution in [3.63, 3.8) is 0 Å². The fourth-order valence-electron chi connectivity index (χ4n) is 3.02. The summed E-state index contributed by atoms with van der Waals surface area (Å²) in [4.78, 5) is 0. The van der Waals surface area contributed by atoms with Crippen LogP contribution in [0, 0.1) is 29.6 Å². The minimum atomic E-state index is -0.872. The molecule has 0 fully saturated rings. The van der Waals surface area contributed by atoms with E-state index in [0.29, 0.717) is 32.3 Å². The third kappa shape index (κ3) is 16.7. The van der Waals surface area contributed by atoms with Crippen LogP contribution in [0.2, 0.25) is 0 Å². The fourth-order valence-corrected chi connectivity index (χ4v) is 3.02. The van der Waals surface area contributed by atoms with Crippen molar-refractivity contribution in [3.8, 4) is 0 Å². The molecule has 0 N–H and O–H groups in total. The second-order valence-electron chi connectivity index (χ2n) is 9.93. The molecule has 7 heteroatoms. The van der Waals surface area contributed by atoms with Gasteiger partial charge in [0.25, 0.3) is 0 Å². The van der Waals surface area contributed by atoms with E-state index in [1.54, 1.807) is 0 Å². The molecule has 31 heavy (non-hydrogen) atoms. The summed E-state index contributed by atoms with van der Waals surface area (Å²) >= 11 is 0. The molecule has 0 aliphatic rings. The molecule has 7 unspecified atom stereocenters. The third-order valence-electron chi connectivity index (χ3n) is 5.84. The Labute approximate surface area is 206 Å². The monoisotopic (exact) mass is 478 g/mol. The first-order valence-electron chi connectivity index (χ1n) is 11.7. The summed E-state index contributed by atoms with van der Waals surface area (Å²) in [5.41, 5.74) is 0. The topological polar surface area (TPSA) is 111 Å². The fraction of sp³-hybridized carbons (Fsp3) is 1.00. The van der Waals surface area contributed by atoms with Gasteiger partial charge in [-0.05, 0) is 30.6 Å². The van der Waals surface area contributed by atoms with Crippen molar-refractivity contribution in [3.05, 3.63) is 0 Å². The summed E-state index contributed by atoms with van der Waals surface area (Å²) in [7, 11) is 0. The molecule has 0 heterocycles. The van der Waals surface area contributed by atoms with E-state index in [2.05, 4.69) is 6.92 Å². The van der Waals surface area contributed by atoms with Crippen LogP contribution in [0.3, 0.4) is 0 Å². The van der Waals surface area contributed by atoms with Gasteiger partial charge >= 0.3 is 21.7 Å². The van der Waals surface area contributed by atoms with E-state index in [4.69, 9.17) is 9.47 Å². The molecule has 0 radical (unpaired) electrons. The zero-order valence-corrected chi connectivity index (χ0v) is 22.4. The van der Waals surface area contributed by atoms with Crippen molar-refractivity contribution in [2.24, 2.45) is 29.6 Å². The predicted octanol–water partition coefficient (Wildman–Crippen LogP) is 0.713. The molecule has 0 saturated heterocycles. The Balaban J connectivity index is 0. The molecule has 182 valence electrons. The van der Waals surface area contributed by atoms with Gasteiger partial charge in [0.2, 0.25) is 0 Å². The minimum absolute atomic E-state index is 0. The largest absolute Gasteiger partial charge is 4.00 e. The number of rotatable bonds is 18. The van der Waals surface area contributed by atoms with Crippen molar-refractivity contribution in [1.82, 2.24) is 0 Å². The van der Waals surface area contributed by atoms with Gasteiger partial charge in [0.15, 0.2) is 0 Å². The van der Waals surface area contributed by atoms with Crippen molar-refractivity contribution in [1.29, 1.82) is 0 Å². The molecule has 0 rings (SSSR count). The second-order valence-corrected chi connectivity index (χ2v) is 9.93. The Morgan fingerprint density at radius 1 is 0.581 bits per heavy atom. The first kappa shape index (κ1) is 33.6. The van der Waals surface area contributed by atoms with Crippen LogP contribution in [0.5, 0.6) is 0 Å². The molecule has 0 aromatic rings. The zero-order chi connectivity index (χ0) is 23.3. The van der Waals surface area contributed by atoms with Gasteiger partial charge in [-0.25, -0.2) is 0 Å². The Morgan fingerprint density at radius 2 is 1.00 bits per heavy atom. The average molecular weight is 478 g/mol. The SMILES string of the molecule is CC(CCCOCC(C)C([O-])CC([O-])C(C)C)COCC(C)C([O-])CC([O-])C(C)C.[Ti+4]. The molecule has 0 aromatic carbocycles. The summed E-state index contributed by atoms with van der Waals surface area (Å²) in [6.07, 6.45) is -1.21. The van der Waals surface area contributed by atoms with Crippen LogP contribution < -0.4 is 20.4 Å². The second kappa shape index (κ2) is 18.9. The van der Waals surface area contributed by atoms with Crippen LogP contribution in [0.4, 0.5) is 0 Å². The third-order valence-corrected chi connectivity index (χ3v) is 5.84. The maximum absolute atomic E-state index is 12.1. The molecule has 0 aromatic heterocycles. The van der Waals surface area contributed by atoms with Crippen LogP contribution in [0.25, 0.3) is 0 Å². The van der Waals surface area contributed by atoms with E-state index in [-0.39, 0.29) is 58.2 Å². The van der Waals surface area contributed by atoms with Gasteiger partial charge in [0, 0.05) is 26.4 Å². The van der Waals surface area contributed by atoms with Crippen LogP contribution >= 0.6 is 0 Å². The van der Waals surface area contributed by atoms with E-state index in [0.717, 1.165) is 12.8 Å². The van der Waals surface area contributed by atoms with Gasteiger partial charge in [-0.15, -0.1) is 24.4 Å². The zero-order valence-electron chi connectivity index (χ0n) is 20.8. The quantitative estimate of drug-likeness (QED) is 0.212. The summed E-state index contributed by atoms with van der Waals surface area (Å²) in [6, 6.07) is 0. The van der Waals surface area contributed by atoms with Crippen LogP contribution in [0.15, 0.2) is 0 Å². The number of hydrogen-bond acceptors (Lipinski definition) is 6. The van der Waals surface area contributed by atoms with Crippen molar-refractivity contribution >= 4 is 0 Å². The van der Waals surface area contributed by atoms with E-state index >= 15 is 0 Å². The Morgan fingerprint density at radius 3 is 1.42 bits per heavy atom. The maximum Gasteiger partial charge on any atom is 4.00 e. The van der Waals surface area contributed by atoms with E-state index in [9.17, 15) is 20.4 Å². The first-order valence-corrected chi connectivity index (χ1v) is 11.7. The first-order chi connectivity index (χ1) is 14.0. The van der Waals surface area contributed by atoms with Crippen LogP contribution in [0.1, 0.15) is 74.1 Å².